The molecule has 0 radical (unpaired) electrons. The van der Waals surface area contributed by atoms with E-state index in [1.165, 1.54) is 5.56 Å². The fourth-order valence-electron chi connectivity index (χ4n) is 2.49. The average Bonchev–Trinajstić information content (AvgIpc) is 2.68. The molecular formula is C16H25N3O. The first-order valence-corrected chi connectivity index (χ1v) is 7.44. The van der Waals surface area contributed by atoms with Gasteiger partial charge in [0, 0.05) is 13.1 Å². The summed E-state index contributed by atoms with van der Waals surface area (Å²) in [5.74, 6) is 0.111. The van der Waals surface area contributed by atoms with Crippen molar-refractivity contribution in [1.82, 2.24) is 15.5 Å². The molecule has 0 saturated carbocycles. The molecule has 20 heavy (non-hydrogen) atoms. The molecule has 0 unspecified atom stereocenters. The second-order valence-corrected chi connectivity index (χ2v) is 5.58. The van der Waals surface area contributed by atoms with Crippen LogP contribution in [-0.2, 0) is 4.79 Å². The molecule has 2 rings (SSSR count). The molecule has 1 saturated heterocycles. The molecule has 1 aliphatic rings. The van der Waals surface area contributed by atoms with Crippen molar-refractivity contribution < 1.29 is 4.79 Å². The zero-order valence-corrected chi connectivity index (χ0v) is 12.5. The predicted molar refractivity (Wildman–Crippen MR) is 81.7 cm³/mol. The zero-order valence-electron chi connectivity index (χ0n) is 12.5. The summed E-state index contributed by atoms with van der Waals surface area (Å²) < 4.78 is 0. The number of carbonyl (C=O) groups is 1. The van der Waals surface area contributed by atoms with Gasteiger partial charge in [0.2, 0.25) is 5.91 Å². The van der Waals surface area contributed by atoms with Crippen molar-refractivity contribution in [3.05, 3.63) is 35.4 Å². The molecule has 110 valence electrons. The largest absolute Gasteiger partial charge is 0.348 e. The fraction of sp³-hybridized carbons (Fsp3) is 0.562. The van der Waals surface area contributed by atoms with E-state index in [9.17, 15) is 4.79 Å². The van der Waals surface area contributed by atoms with Gasteiger partial charge in [-0.25, -0.2) is 0 Å². The van der Waals surface area contributed by atoms with Crippen LogP contribution in [0.4, 0.5) is 0 Å². The molecule has 4 nitrogen and oxygen atoms in total. The van der Waals surface area contributed by atoms with E-state index in [4.69, 9.17) is 0 Å². The first kappa shape index (κ1) is 15.0. The maximum Gasteiger partial charge on any atom is 0.234 e. The molecule has 1 amide bonds. The third-order valence-electron chi connectivity index (χ3n) is 3.75. The van der Waals surface area contributed by atoms with Crippen LogP contribution in [0.2, 0.25) is 0 Å². The lowest BCUT2D eigenvalue weighted by Gasteiger charge is -2.21. The van der Waals surface area contributed by atoms with Gasteiger partial charge >= 0.3 is 0 Å². The number of rotatable bonds is 4. The highest BCUT2D eigenvalue weighted by Crippen LogP contribution is 2.12. The molecule has 0 spiro atoms. The van der Waals surface area contributed by atoms with E-state index in [1.807, 2.05) is 6.92 Å². The summed E-state index contributed by atoms with van der Waals surface area (Å²) in [6.45, 7) is 8.58. The quantitative estimate of drug-likeness (QED) is 0.874. The zero-order chi connectivity index (χ0) is 14.4. The van der Waals surface area contributed by atoms with Crippen molar-refractivity contribution in [2.24, 2.45) is 0 Å². The van der Waals surface area contributed by atoms with E-state index in [-0.39, 0.29) is 11.9 Å². The Morgan fingerprint density at radius 2 is 2.05 bits per heavy atom. The van der Waals surface area contributed by atoms with Crippen LogP contribution in [0.25, 0.3) is 0 Å². The van der Waals surface area contributed by atoms with Gasteiger partial charge in [0.05, 0.1) is 12.6 Å². The van der Waals surface area contributed by atoms with E-state index >= 15 is 0 Å². The minimum atomic E-state index is 0.0632. The summed E-state index contributed by atoms with van der Waals surface area (Å²) in [5.41, 5.74) is 2.39. The normalized spacial score (nSPS) is 18.3. The van der Waals surface area contributed by atoms with Crippen LogP contribution in [0.5, 0.6) is 0 Å². The van der Waals surface area contributed by atoms with Gasteiger partial charge in [-0.1, -0.05) is 29.8 Å². The average molecular weight is 275 g/mol. The maximum absolute atomic E-state index is 12.1. The number of hydrogen-bond acceptors (Lipinski definition) is 3. The number of nitrogens with one attached hydrogen (secondary N) is 2. The van der Waals surface area contributed by atoms with E-state index in [0.717, 1.165) is 38.2 Å². The Kier molecular flexibility index (Phi) is 5.56. The third kappa shape index (κ3) is 4.62. The molecule has 2 N–H and O–H groups in total. The number of aryl methyl sites for hydroxylation is 1. The van der Waals surface area contributed by atoms with E-state index in [0.29, 0.717) is 6.54 Å². The second-order valence-electron chi connectivity index (χ2n) is 5.58. The van der Waals surface area contributed by atoms with E-state index < -0.39 is 0 Å². The van der Waals surface area contributed by atoms with Crippen molar-refractivity contribution in [2.45, 2.75) is 26.3 Å². The Balaban J connectivity index is 1.82. The Hall–Kier alpha value is -1.39. The summed E-state index contributed by atoms with van der Waals surface area (Å²) in [5, 5.41) is 6.43. The smallest absolute Gasteiger partial charge is 0.234 e. The van der Waals surface area contributed by atoms with Crippen LogP contribution in [0.15, 0.2) is 24.3 Å². The molecule has 1 aromatic rings. The molecule has 1 heterocycles. The molecule has 4 heteroatoms. The number of carbonyl (C=O) groups excluding carboxylic acids is 1. The van der Waals surface area contributed by atoms with E-state index in [1.54, 1.807) is 0 Å². The lowest BCUT2D eigenvalue weighted by molar-refractivity contribution is -0.122. The molecule has 1 aliphatic heterocycles. The molecule has 0 aromatic heterocycles. The molecule has 1 fully saturated rings. The summed E-state index contributed by atoms with van der Waals surface area (Å²) in [4.78, 5) is 14.3. The van der Waals surface area contributed by atoms with Crippen molar-refractivity contribution in [3.63, 3.8) is 0 Å². The van der Waals surface area contributed by atoms with Crippen LogP contribution in [0.3, 0.4) is 0 Å². The highest BCUT2D eigenvalue weighted by Gasteiger charge is 2.14. The maximum atomic E-state index is 12.1. The van der Waals surface area contributed by atoms with Crippen molar-refractivity contribution in [2.75, 3.05) is 32.7 Å². The van der Waals surface area contributed by atoms with Crippen molar-refractivity contribution >= 4 is 5.91 Å². The van der Waals surface area contributed by atoms with E-state index in [2.05, 4.69) is 46.7 Å². The fourth-order valence-corrected chi connectivity index (χ4v) is 2.49. The van der Waals surface area contributed by atoms with Crippen LogP contribution in [-0.4, -0.2) is 43.5 Å². The molecule has 0 aliphatic carbocycles. The number of nitrogens with zero attached hydrogens (tertiary/aromatic N) is 1. The third-order valence-corrected chi connectivity index (χ3v) is 3.75. The van der Waals surface area contributed by atoms with Crippen LogP contribution >= 0.6 is 0 Å². The molecule has 0 bridgehead atoms. The van der Waals surface area contributed by atoms with Gasteiger partial charge in [0.1, 0.15) is 0 Å². The topological polar surface area (TPSA) is 44.4 Å². The highest BCUT2D eigenvalue weighted by molar-refractivity contribution is 5.78. The van der Waals surface area contributed by atoms with Crippen LogP contribution < -0.4 is 10.6 Å². The minimum Gasteiger partial charge on any atom is -0.348 e. The highest BCUT2D eigenvalue weighted by atomic mass is 16.2. The van der Waals surface area contributed by atoms with Crippen molar-refractivity contribution in [1.29, 1.82) is 0 Å². The first-order valence-electron chi connectivity index (χ1n) is 7.44. The van der Waals surface area contributed by atoms with Gasteiger partial charge in [0.25, 0.3) is 0 Å². The van der Waals surface area contributed by atoms with Gasteiger partial charge in [-0.05, 0) is 38.9 Å². The Morgan fingerprint density at radius 1 is 1.30 bits per heavy atom. The summed E-state index contributed by atoms with van der Waals surface area (Å²) in [7, 11) is 0. The van der Waals surface area contributed by atoms with Gasteiger partial charge in [-0.3, -0.25) is 9.69 Å². The standard InChI is InChI=1S/C16H25N3O/c1-13-4-6-15(7-5-13)14(2)18-16(20)12-19-10-3-8-17-9-11-19/h4-7,14,17H,3,8-12H2,1-2H3,(H,18,20)/t14-/m1/s1. The molecule has 1 aromatic carbocycles. The summed E-state index contributed by atoms with van der Waals surface area (Å²) in [6.07, 6.45) is 1.11. The van der Waals surface area contributed by atoms with Crippen molar-refractivity contribution in [3.8, 4) is 0 Å². The SMILES string of the molecule is Cc1ccc([C@@H](C)NC(=O)CN2CCCNCC2)cc1. The van der Waals surface area contributed by atoms with Crippen LogP contribution in [0, 0.1) is 6.92 Å². The minimum absolute atomic E-state index is 0.0632. The Labute approximate surface area is 121 Å². The molecular weight excluding hydrogens is 250 g/mol. The Bertz CT molecular complexity index is 422. The van der Waals surface area contributed by atoms with Crippen LogP contribution in [0.1, 0.15) is 30.5 Å². The van der Waals surface area contributed by atoms with Gasteiger partial charge < -0.3 is 10.6 Å². The predicted octanol–water partition coefficient (Wildman–Crippen LogP) is 1.47. The lowest BCUT2D eigenvalue weighted by Crippen LogP contribution is -2.39. The summed E-state index contributed by atoms with van der Waals surface area (Å²) >= 11 is 0. The first-order chi connectivity index (χ1) is 9.65. The number of hydrogen-bond donors (Lipinski definition) is 2. The number of benzene rings is 1. The van der Waals surface area contributed by atoms with Gasteiger partial charge in [0.15, 0.2) is 0 Å². The number of amides is 1. The Morgan fingerprint density at radius 3 is 2.80 bits per heavy atom. The lowest BCUT2D eigenvalue weighted by atomic mass is 10.1. The summed E-state index contributed by atoms with van der Waals surface area (Å²) in [6, 6.07) is 8.39. The second kappa shape index (κ2) is 7.41. The monoisotopic (exact) mass is 275 g/mol. The van der Waals surface area contributed by atoms with Gasteiger partial charge in [-0.15, -0.1) is 0 Å². The molecule has 1 atom stereocenters. The van der Waals surface area contributed by atoms with Gasteiger partial charge in [-0.2, -0.15) is 0 Å².